The van der Waals surface area contributed by atoms with Crippen LogP contribution in [0.3, 0.4) is 0 Å². The first kappa shape index (κ1) is 12.0. The number of hydrogen-bond donors (Lipinski definition) is 1. The number of aliphatic imine (C=N–C) groups is 1. The molecule has 1 spiro atoms. The van der Waals surface area contributed by atoms with E-state index in [1.807, 2.05) is 6.92 Å². The Kier molecular flexibility index (Phi) is 3.30. The molecular weight excluding hydrogens is 250 g/mol. The van der Waals surface area contributed by atoms with Gasteiger partial charge in [0.1, 0.15) is 12.3 Å². The monoisotopic (exact) mass is 267 g/mol. The zero-order chi connectivity index (χ0) is 12.4. The number of thioether (sulfide) groups is 1. The predicted molar refractivity (Wildman–Crippen MR) is 70.8 cm³/mol. The van der Waals surface area contributed by atoms with Crippen molar-refractivity contribution in [1.29, 1.82) is 0 Å². The molecular formula is C12H17N3O2S. The average molecular weight is 267 g/mol. The lowest BCUT2D eigenvalue weighted by atomic mass is 9.93. The molecule has 2 saturated heterocycles. The highest BCUT2D eigenvalue weighted by Gasteiger charge is 2.38. The quantitative estimate of drug-likeness (QED) is 0.884. The number of oxazole rings is 1. The minimum Gasteiger partial charge on any atom is -0.444 e. The van der Waals surface area contributed by atoms with Gasteiger partial charge >= 0.3 is 0 Å². The summed E-state index contributed by atoms with van der Waals surface area (Å²) < 4.78 is 10.8. The van der Waals surface area contributed by atoms with Gasteiger partial charge in [-0.3, -0.25) is 4.99 Å². The SMILES string of the molecule is Cc1cnc(CN=C2NC3(CCOCC3)CS2)o1. The summed E-state index contributed by atoms with van der Waals surface area (Å²) in [6.07, 6.45) is 3.86. The third-order valence-electron chi connectivity index (χ3n) is 3.33. The van der Waals surface area contributed by atoms with E-state index in [-0.39, 0.29) is 5.54 Å². The van der Waals surface area contributed by atoms with E-state index in [1.165, 1.54) is 0 Å². The van der Waals surface area contributed by atoms with Crippen LogP contribution in [0.4, 0.5) is 0 Å². The maximum absolute atomic E-state index is 5.41. The van der Waals surface area contributed by atoms with Gasteiger partial charge in [0.15, 0.2) is 5.17 Å². The molecule has 1 aromatic rings. The smallest absolute Gasteiger partial charge is 0.216 e. The first-order chi connectivity index (χ1) is 8.76. The summed E-state index contributed by atoms with van der Waals surface area (Å²) in [6.45, 7) is 4.10. The van der Waals surface area contributed by atoms with Crippen LogP contribution in [0.2, 0.25) is 0 Å². The Hall–Kier alpha value is -1.01. The number of amidine groups is 1. The fourth-order valence-electron chi connectivity index (χ4n) is 2.24. The molecule has 0 atom stereocenters. The highest BCUT2D eigenvalue weighted by molar-refractivity contribution is 8.14. The van der Waals surface area contributed by atoms with E-state index in [0.29, 0.717) is 12.4 Å². The van der Waals surface area contributed by atoms with Crippen LogP contribution >= 0.6 is 11.8 Å². The Balaban J connectivity index is 1.61. The van der Waals surface area contributed by atoms with Gasteiger partial charge in [-0.25, -0.2) is 4.98 Å². The average Bonchev–Trinajstić information content (AvgIpc) is 2.96. The van der Waals surface area contributed by atoms with Crippen LogP contribution in [0, 0.1) is 6.92 Å². The summed E-state index contributed by atoms with van der Waals surface area (Å²) in [6, 6.07) is 0. The molecule has 1 N–H and O–H groups in total. The number of hydrogen-bond acceptors (Lipinski definition) is 5. The van der Waals surface area contributed by atoms with Crippen LogP contribution in [-0.4, -0.2) is 34.7 Å². The number of aromatic nitrogens is 1. The van der Waals surface area contributed by atoms with Gasteiger partial charge in [-0.1, -0.05) is 11.8 Å². The van der Waals surface area contributed by atoms with Crippen molar-refractivity contribution in [3.8, 4) is 0 Å². The molecule has 98 valence electrons. The van der Waals surface area contributed by atoms with Crippen molar-refractivity contribution in [3.05, 3.63) is 17.8 Å². The van der Waals surface area contributed by atoms with E-state index in [9.17, 15) is 0 Å². The number of aryl methyl sites for hydroxylation is 1. The molecule has 2 aliphatic heterocycles. The van der Waals surface area contributed by atoms with Gasteiger partial charge in [0, 0.05) is 19.0 Å². The lowest BCUT2D eigenvalue weighted by Crippen LogP contribution is -2.48. The molecule has 6 heteroatoms. The third-order valence-corrected chi connectivity index (χ3v) is 4.54. The van der Waals surface area contributed by atoms with Crippen molar-refractivity contribution in [1.82, 2.24) is 10.3 Å². The Morgan fingerprint density at radius 1 is 1.50 bits per heavy atom. The van der Waals surface area contributed by atoms with Gasteiger partial charge in [-0.2, -0.15) is 0 Å². The van der Waals surface area contributed by atoms with Crippen LogP contribution in [0.25, 0.3) is 0 Å². The number of nitrogens with zero attached hydrogens (tertiary/aromatic N) is 2. The second-order valence-corrected chi connectivity index (χ2v) is 5.76. The largest absolute Gasteiger partial charge is 0.444 e. The lowest BCUT2D eigenvalue weighted by Gasteiger charge is -2.32. The van der Waals surface area contributed by atoms with Gasteiger partial charge in [-0.05, 0) is 19.8 Å². The summed E-state index contributed by atoms with van der Waals surface area (Å²) in [5.74, 6) is 2.59. The molecule has 0 unspecified atom stereocenters. The van der Waals surface area contributed by atoms with E-state index in [4.69, 9.17) is 9.15 Å². The van der Waals surface area contributed by atoms with Crippen molar-refractivity contribution in [3.63, 3.8) is 0 Å². The van der Waals surface area contributed by atoms with Crippen molar-refractivity contribution in [2.45, 2.75) is 31.8 Å². The molecule has 0 amide bonds. The van der Waals surface area contributed by atoms with Gasteiger partial charge in [0.25, 0.3) is 0 Å². The molecule has 5 nitrogen and oxygen atoms in total. The number of ether oxygens (including phenoxy) is 1. The maximum atomic E-state index is 5.41. The number of nitrogens with one attached hydrogen (secondary N) is 1. The Morgan fingerprint density at radius 3 is 3.06 bits per heavy atom. The molecule has 3 heterocycles. The van der Waals surface area contributed by atoms with Crippen LogP contribution in [0.1, 0.15) is 24.5 Å². The summed E-state index contributed by atoms with van der Waals surface area (Å²) in [4.78, 5) is 8.68. The zero-order valence-corrected chi connectivity index (χ0v) is 11.3. The van der Waals surface area contributed by atoms with Crippen LogP contribution in [-0.2, 0) is 11.3 Å². The second kappa shape index (κ2) is 4.93. The van der Waals surface area contributed by atoms with Crippen molar-refractivity contribution in [2.24, 2.45) is 4.99 Å². The van der Waals surface area contributed by atoms with Crippen LogP contribution in [0.5, 0.6) is 0 Å². The lowest BCUT2D eigenvalue weighted by molar-refractivity contribution is 0.0555. The summed E-state index contributed by atoms with van der Waals surface area (Å²) in [7, 11) is 0. The Morgan fingerprint density at radius 2 is 2.33 bits per heavy atom. The molecule has 0 radical (unpaired) electrons. The molecule has 0 bridgehead atoms. The summed E-state index contributed by atoms with van der Waals surface area (Å²) >= 11 is 1.79. The maximum Gasteiger partial charge on any atom is 0.216 e. The van der Waals surface area contributed by atoms with E-state index in [1.54, 1.807) is 18.0 Å². The topological polar surface area (TPSA) is 59.7 Å². The second-order valence-electron chi connectivity index (χ2n) is 4.79. The zero-order valence-electron chi connectivity index (χ0n) is 10.4. The van der Waals surface area contributed by atoms with Crippen LogP contribution in [0.15, 0.2) is 15.6 Å². The first-order valence-corrected chi connectivity index (χ1v) is 7.19. The van der Waals surface area contributed by atoms with E-state index in [2.05, 4.69) is 15.3 Å². The van der Waals surface area contributed by atoms with Gasteiger partial charge in [0.2, 0.25) is 5.89 Å². The standard InChI is InChI=1S/C12H17N3O2S/c1-9-6-13-10(17-9)7-14-11-15-12(8-18-11)2-4-16-5-3-12/h6H,2-5,7-8H2,1H3,(H,14,15). The van der Waals surface area contributed by atoms with Crippen molar-refractivity contribution in [2.75, 3.05) is 19.0 Å². The minimum atomic E-state index is 0.203. The van der Waals surface area contributed by atoms with E-state index < -0.39 is 0 Å². The number of rotatable bonds is 2. The molecule has 18 heavy (non-hydrogen) atoms. The van der Waals surface area contributed by atoms with E-state index >= 15 is 0 Å². The molecule has 2 aliphatic rings. The van der Waals surface area contributed by atoms with Gasteiger partial charge in [-0.15, -0.1) is 0 Å². The molecule has 1 aromatic heterocycles. The normalized spacial score (nSPS) is 24.6. The Bertz CT molecular complexity index is 452. The summed E-state index contributed by atoms with van der Waals surface area (Å²) in [5.41, 5.74) is 0.203. The first-order valence-electron chi connectivity index (χ1n) is 6.20. The minimum absolute atomic E-state index is 0.203. The Labute approximate surface area is 110 Å². The summed E-state index contributed by atoms with van der Waals surface area (Å²) in [5, 5.41) is 4.55. The highest BCUT2D eigenvalue weighted by atomic mass is 32.2. The predicted octanol–water partition coefficient (Wildman–Crippen LogP) is 1.72. The van der Waals surface area contributed by atoms with E-state index in [0.717, 1.165) is 42.7 Å². The molecule has 0 aliphatic carbocycles. The van der Waals surface area contributed by atoms with Gasteiger partial charge in [0.05, 0.1) is 11.7 Å². The molecule has 3 rings (SSSR count). The fourth-order valence-corrected chi connectivity index (χ4v) is 3.45. The fraction of sp³-hybridized carbons (Fsp3) is 0.667. The molecule has 0 aromatic carbocycles. The van der Waals surface area contributed by atoms with Crippen molar-refractivity contribution < 1.29 is 9.15 Å². The highest BCUT2D eigenvalue weighted by Crippen LogP contribution is 2.31. The molecule has 0 saturated carbocycles. The van der Waals surface area contributed by atoms with Gasteiger partial charge < -0.3 is 14.5 Å². The van der Waals surface area contributed by atoms with Crippen LogP contribution < -0.4 is 5.32 Å². The third kappa shape index (κ3) is 2.54. The van der Waals surface area contributed by atoms with Crippen molar-refractivity contribution >= 4 is 16.9 Å². The molecule has 2 fully saturated rings.